The van der Waals surface area contributed by atoms with Crippen molar-refractivity contribution in [2.75, 3.05) is 6.61 Å². The first-order valence-corrected chi connectivity index (χ1v) is 9.58. The van der Waals surface area contributed by atoms with Gasteiger partial charge in [-0.2, -0.15) is 0 Å². The van der Waals surface area contributed by atoms with Crippen LogP contribution in [0.4, 0.5) is 0 Å². The average molecular weight is 255 g/mol. The molecule has 0 aromatic carbocycles. The summed E-state index contributed by atoms with van der Waals surface area (Å²) in [6, 6.07) is 1.18. The van der Waals surface area contributed by atoms with E-state index in [-0.39, 0.29) is 4.84 Å². The van der Waals surface area contributed by atoms with Crippen LogP contribution in [0.15, 0.2) is 0 Å². The van der Waals surface area contributed by atoms with E-state index in [0.29, 0.717) is 5.73 Å². The van der Waals surface area contributed by atoms with Gasteiger partial charge in [0.25, 0.3) is 0 Å². The second-order valence-electron chi connectivity index (χ2n) is 4.77. The molecule has 0 amide bonds. The highest BCUT2D eigenvalue weighted by Crippen LogP contribution is 2.28. The summed E-state index contributed by atoms with van der Waals surface area (Å²) in [4.78, 5) is -0.203. The number of hydrogen-bond acceptors (Lipinski definition) is 1. The van der Waals surface area contributed by atoms with Gasteiger partial charge in [-0.3, -0.25) is 0 Å². The van der Waals surface area contributed by atoms with Gasteiger partial charge in [0.1, 0.15) is 4.84 Å². The third-order valence-corrected chi connectivity index (χ3v) is 7.27. The van der Waals surface area contributed by atoms with Crippen LogP contribution in [0.2, 0.25) is 19.1 Å². The predicted molar refractivity (Wildman–Crippen MR) is 66.0 cm³/mol. The molecular formula is C10H20Cl2OSi. The number of alkyl halides is 2. The van der Waals surface area contributed by atoms with Gasteiger partial charge in [-0.05, 0) is 25.7 Å². The molecule has 0 spiro atoms. The molecule has 1 unspecified atom stereocenters. The lowest BCUT2D eigenvalue weighted by Crippen LogP contribution is -2.45. The first-order chi connectivity index (χ1) is 6.52. The predicted octanol–water partition coefficient (Wildman–Crippen LogP) is 4.00. The van der Waals surface area contributed by atoms with Crippen LogP contribution in [0.1, 0.15) is 25.7 Å². The van der Waals surface area contributed by atoms with Gasteiger partial charge in [-0.1, -0.05) is 19.1 Å². The van der Waals surface area contributed by atoms with Gasteiger partial charge in [0.05, 0.1) is 8.07 Å². The second-order valence-corrected chi connectivity index (χ2v) is 11.2. The summed E-state index contributed by atoms with van der Waals surface area (Å²) in [5, 5.41) is 0. The minimum Gasteiger partial charge on any atom is -0.382 e. The van der Waals surface area contributed by atoms with Crippen molar-refractivity contribution in [3.63, 3.8) is 0 Å². The Morgan fingerprint density at radius 1 is 1.36 bits per heavy atom. The van der Waals surface area contributed by atoms with Crippen molar-refractivity contribution in [1.29, 1.82) is 0 Å². The maximum atomic E-state index is 5.85. The van der Waals surface area contributed by atoms with E-state index in [4.69, 9.17) is 27.9 Å². The van der Waals surface area contributed by atoms with E-state index in [0.717, 1.165) is 13.0 Å². The van der Waals surface area contributed by atoms with E-state index >= 15 is 0 Å². The summed E-state index contributed by atoms with van der Waals surface area (Å²) in [6.07, 6.45) is 4.72. The minimum atomic E-state index is -1.26. The third kappa shape index (κ3) is 4.09. The van der Waals surface area contributed by atoms with Crippen molar-refractivity contribution < 1.29 is 4.74 Å². The number of halogens is 2. The Bertz CT molecular complexity index is 168. The lowest BCUT2D eigenvalue weighted by molar-refractivity contribution is 0.0597. The van der Waals surface area contributed by atoms with E-state index in [1.54, 1.807) is 0 Å². The van der Waals surface area contributed by atoms with Crippen molar-refractivity contribution in [3.8, 4) is 0 Å². The summed E-state index contributed by atoms with van der Waals surface area (Å²) in [5.74, 6) is 0. The van der Waals surface area contributed by atoms with Gasteiger partial charge in [0.2, 0.25) is 0 Å². The molecule has 1 nitrogen and oxygen atoms in total. The number of rotatable bonds is 4. The standard InChI is InChI=1S/C10H20Cl2OSi/c1-14(2,8-6-9(11)12)10-5-3-4-7-13-10/h9-10H,3-8H2,1-2H3. The molecular weight excluding hydrogens is 235 g/mol. The second kappa shape index (κ2) is 5.74. The van der Waals surface area contributed by atoms with Crippen molar-refractivity contribution >= 4 is 31.3 Å². The normalized spacial score (nSPS) is 24.2. The fourth-order valence-corrected chi connectivity index (χ4v) is 5.49. The zero-order valence-corrected chi connectivity index (χ0v) is 11.6. The highest BCUT2D eigenvalue weighted by molar-refractivity contribution is 6.78. The van der Waals surface area contributed by atoms with Crippen LogP contribution in [-0.2, 0) is 4.74 Å². The van der Waals surface area contributed by atoms with Crippen molar-refractivity contribution in [3.05, 3.63) is 0 Å². The molecule has 0 aliphatic carbocycles. The fourth-order valence-electron chi connectivity index (χ4n) is 2.00. The molecule has 1 rings (SSSR count). The molecule has 0 N–H and O–H groups in total. The topological polar surface area (TPSA) is 9.23 Å². The SMILES string of the molecule is C[Si](C)(CCC(Cl)Cl)C1CCCCO1. The lowest BCUT2D eigenvalue weighted by atomic mass is 10.2. The summed E-state index contributed by atoms with van der Waals surface area (Å²) in [6.45, 7) is 5.73. The van der Waals surface area contributed by atoms with Crippen molar-refractivity contribution in [2.45, 2.75) is 55.4 Å². The summed E-state index contributed by atoms with van der Waals surface area (Å²) in [7, 11) is -1.26. The average Bonchev–Trinajstić information content (AvgIpc) is 2.16. The summed E-state index contributed by atoms with van der Waals surface area (Å²) in [5.41, 5.74) is 0.531. The van der Waals surface area contributed by atoms with Crippen LogP contribution < -0.4 is 0 Å². The van der Waals surface area contributed by atoms with E-state index in [1.165, 1.54) is 25.3 Å². The molecule has 0 saturated carbocycles. The van der Waals surface area contributed by atoms with Crippen molar-refractivity contribution in [2.24, 2.45) is 0 Å². The molecule has 0 aromatic heterocycles. The molecule has 84 valence electrons. The highest BCUT2D eigenvalue weighted by Gasteiger charge is 2.33. The molecule has 0 aromatic rings. The Hall–Kier alpha value is 0.757. The molecule has 1 saturated heterocycles. The monoisotopic (exact) mass is 254 g/mol. The zero-order chi connectivity index (χ0) is 10.6. The zero-order valence-electron chi connectivity index (χ0n) is 9.06. The molecule has 1 aliphatic heterocycles. The highest BCUT2D eigenvalue weighted by atomic mass is 35.5. The maximum absolute atomic E-state index is 5.85. The fraction of sp³-hybridized carbons (Fsp3) is 1.00. The van der Waals surface area contributed by atoms with Crippen LogP contribution in [0.25, 0.3) is 0 Å². The Balaban J connectivity index is 2.37. The minimum absolute atomic E-state index is 0.203. The maximum Gasteiger partial charge on any atom is 0.107 e. The van der Waals surface area contributed by atoms with Crippen LogP contribution in [0.5, 0.6) is 0 Å². The van der Waals surface area contributed by atoms with E-state index in [1.807, 2.05) is 0 Å². The molecule has 1 aliphatic rings. The molecule has 4 heteroatoms. The molecule has 1 atom stereocenters. The number of ether oxygens (including phenoxy) is 1. The first-order valence-electron chi connectivity index (χ1n) is 5.42. The quantitative estimate of drug-likeness (QED) is 0.545. The van der Waals surface area contributed by atoms with E-state index < -0.39 is 8.07 Å². The summed E-state index contributed by atoms with van der Waals surface area (Å²) < 4.78 is 5.85. The molecule has 1 heterocycles. The van der Waals surface area contributed by atoms with E-state index in [2.05, 4.69) is 13.1 Å². The van der Waals surface area contributed by atoms with Crippen LogP contribution in [-0.4, -0.2) is 25.2 Å². The van der Waals surface area contributed by atoms with Gasteiger partial charge < -0.3 is 4.74 Å². The Labute approximate surface area is 98.1 Å². The van der Waals surface area contributed by atoms with Gasteiger partial charge in [0, 0.05) is 12.3 Å². The Kier molecular flexibility index (Phi) is 5.25. The van der Waals surface area contributed by atoms with Gasteiger partial charge in [-0.15, -0.1) is 23.2 Å². The lowest BCUT2D eigenvalue weighted by Gasteiger charge is -2.35. The molecule has 1 fully saturated rings. The smallest absolute Gasteiger partial charge is 0.107 e. The third-order valence-electron chi connectivity index (χ3n) is 3.06. The van der Waals surface area contributed by atoms with Crippen LogP contribution >= 0.6 is 23.2 Å². The van der Waals surface area contributed by atoms with Crippen molar-refractivity contribution in [1.82, 2.24) is 0 Å². The Morgan fingerprint density at radius 3 is 2.57 bits per heavy atom. The number of hydrogen-bond donors (Lipinski definition) is 0. The molecule has 0 radical (unpaired) electrons. The van der Waals surface area contributed by atoms with Crippen LogP contribution in [0.3, 0.4) is 0 Å². The van der Waals surface area contributed by atoms with Gasteiger partial charge in [-0.25, -0.2) is 0 Å². The summed E-state index contributed by atoms with van der Waals surface area (Å²) >= 11 is 11.5. The molecule has 14 heavy (non-hydrogen) atoms. The van der Waals surface area contributed by atoms with Crippen LogP contribution in [0, 0.1) is 0 Å². The largest absolute Gasteiger partial charge is 0.382 e. The molecule has 0 bridgehead atoms. The first kappa shape index (κ1) is 12.8. The Morgan fingerprint density at radius 2 is 2.07 bits per heavy atom. The van der Waals surface area contributed by atoms with Gasteiger partial charge >= 0.3 is 0 Å². The van der Waals surface area contributed by atoms with E-state index in [9.17, 15) is 0 Å². The van der Waals surface area contributed by atoms with Gasteiger partial charge in [0.15, 0.2) is 0 Å².